The van der Waals surface area contributed by atoms with E-state index in [0.29, 0.717) is 12.5 Å². The van der Waals surface area contributed by atoms with Crippen LogP contribution < -0.4 is 10.1 Å². The first-order valence-electron chi connectivity index (χ1n) is 10.7. The molecule has 0 bridgehead atoms. The van der Waals surface area contributed by atoms with Gasteiger partial charge in [0.25, 0.3) is 0 Å². The smallest absolute Gasteiger partial charge is 0.194 e. The summed E-state index contributed by atoms with van der Waals surface area (Å²) < 4.78 is 11.6. The molecule has 28 heavy (non-hydrogen) atoms. The van der Waals surface area contributed by atoms with Gasteiger partial charge in [-0.2, -0.15) is 0 Å². The maximum absolute atomic E-state index is 6.09. The zero-order valence-corrected chi connectivity index (χ0v) is 17.7. The van der Waals surface area contributed by atoms with E-state index in [1.807, 2.05) is 18.2 Å². The highest BCUT2D eigenvalue weighted by Gasteiger charge is 2.27. The van der Waals surface area contributed by atoms with Crippen LogP contribution >= 0.6 is 0 Å². The largest absolute Gasteiger partial charge is 0.489 e. The Balaban J connectivity index is 1.51. The van der Waals surface area contributed by atoms with Crippen molar-refractivity contribution in [1.29, 1.82) is 0 Å². The molecule has 2 fully saturated rings. The van der Waals surface area contributed by atoms with Gasteiger partial charge in [-0.1, -0.05) is 18.2 Å². The summed E-state index contributed by atoms with van der Waals surface area (Å²) in [5.41, 5.74) is 1.16. The van der Waals surface area contributed by atoms with Crippen LogP contribution in [0, 0.1) is 12.8 Å². The van der Waals surface area contributed by atoms with Gasteiger partial charge in [0.2, 0.25) is 0 Å². The summed E-state index contributed by atoms with van der Waals surface area (Å²) >= 11 is 0. The van der Waals surface area contributed by atoms with Gasteiger partial charge in [0, 0.05) is 39.3 Å². The van der Waals surface area contributed by atoms with E-state index in [9.17, 15) is 0 Å². The lowest BCUT2D eigenvalue weighted by Gasteiger charge is -2.29. The predicted molar refractivity (Wildman–Crippen MR) is 114 cm³/mol. The lowest BCUT2D eigenvalue weighted by molar-refractivity contribution is 0.0315. The molecular weight excluding hydrogens is 352 g/mol. The molecule has 6 nitrogen and oxygen atoms in total. The van der Waals surface area contributed by atoms with Gasteiger partial charge in [-0.3, -0.25) is 4.90 Å². The first kappa shape index (κ1) is 20.9. The molecule has 1 N–H and O–H groups in total. The summed E-state index contributed by atoms with van der Waals surface area (Å²) in [5, 5.41) is 3.47. The third-order valence-electron chi connectivity index (χ3n) is 5.46. The Labute approximate surface area is 169 Å². The highest BCUT2D eigenvalue weighted by molar-refractivity contribution is 5.80. The Morgan fingerprint density at radius 2 is 2.07 bits per heavy atom. The molecule has 0 aromatic heterocycles. The molecule has 3 rings (SSSR count). The molecule has 156 valence electrons. The Morgan fingerprint density at radius 3 is 2.82 bits per heavy atom. The second kappa shape index (κ2) is 10.7. The molecule has 0 radical (unpaired) electrons. The van der Waals surface area contributed by atoms with E-state index in [4.69, 9.17) is 14.5 Å². The molecule has 0 spiro atoms. The van der Waals surface area contributed by atoms with E-state index < -0.39 is 0 Å². The van der Waals surface area contributed by atoms with Gasteiger partial charge < -0.3 is 19.7 Å². The van der Waals surface area contributed by atoms with Crippen molar-refractivity contribution >= 4 is 5.96 Å². The monoisotopic (exact) mass is 388 g/mol. The molecule has 1 aromatic carbocycles. The van der Waals surface area contributed by atoms with Gasteiger partial charge in [-0.05, 0) is 44.7 Å². The number of morpholine rings is 1. The second-order valence-electron chi connectivity index (χ2n) is 7.90. The van der Waals surface area contributed by atoms with E-state index in [2.05, 4.69) is 42.0 Å². The summed E-state index contributed by atoms with van der Waals surface area (Å²) in [6.45, 7) is 15.0. The Bertz CT molecular complexity index is 631. The molecule has 1 aromatic rings. The first-order valence-corrected chi connectivity index (χ1v) is 10.7. The van der Waals surface area contributed by atoms with Crippen LogP contribution in [0.3, 0.4) is 0 Å². The zero-order chi connectivity index (χ0) is 19.8. The lowest BCUT2D eigenvalue weighted by atomic mass is 10.1. The summed E-state index contributed by atoms with van der Waals surface area (Å²) in [4.78, 5) is 9.83. The molecule has 2 aliphatic heterocycles. The minimum Gasteiger partial charge on any atom is -0.489 e. The Hall–Kier alpha value is -1.79. The van der Waals surface area contributed by atoms with Crippen molar-refractivity contribution in [2.45, 2.75) is 33.3 Å². The lowest BCUT2D eigenvalue weighted by Crippen LogP contribution is -2.42. The number of likely N-dealkylation sites (tertiary alicyclic amines) is 1. The van der Waals surface area contributed by atoms with Crippen molar-refractivity contribution in [2.24, 2.45) is 10.9 Å². The van der Waals surface area contributed by atoms with E-state index in [0.717, 1.165) is 63.2 Å². The quantitative estimate of drug-likeness (QED) is 0.574. The molecule has 0 saturated carbocycles. The van der Waals surface area contributed by atoms with Gasteiger partial charge in [-0.15, -0.1) is 0 Å². The van der Waals surface area contributed by atoms with Crippen LogP contribution in [0.1, 0.15) is 25.8 Å². The summed E-state index contributed by atoms with van der Waals surface area (Å²) in [6.07, 6.45) is 1.28. The highest BCUT2D eigenvalue weighted by Crippen LogP contribution is 2.19. The minimum atomic E-state index is 0.0431. The predicted octanol–water partition coefficient (Wildman–Crippen LogP) is 2.38. The fourth-order valence-electron chi connectivity index (χ4n) is 3.91. The van der Waals surface area contributed by atoms with Crippen molar-refractivity contribution in [1.82, 2.24) is 15.1 Å². The van der Waals surface area contributed by atoms with Crippen LogP contribution in [0.25, 0.3) is 0 Å². The minimum absolute atomic E-state index is 0.0431. The standard InChI is InChI=1S/C22H36N4O2/c1-4-23-22(24-15-19(3)28-21-8-6-5-7-18(21)2)26-10-9-20(17-26)16-25-11-13-27-14-12-25/h5-8,19-20H,4,9-17H2,1-3H3,(H,23,24). The van der Waals surface area contributed by atoms with Crippen molar-refractivity contribution in [3.63, 3.8) is 0 Å². The van der Waals surface area contributed by atoms with Crippen molar-refractivity contribution < 1.29 is 9.47 Å². The number of rotatable bonds is 7. The van der Waals surface area contributed by atoms with Gasteiger partial charge in [0.1, 0.15) is 11.9 Å². The third kappa shape index (κ3) is 6.11. The molecular formula is C22H36N4O2. The highest BCUT2D eigenvalue weighted by atomic mass is 16.5. The summed E-state index contributed by atoms with van der Waals surface area (Å²) in [7, 11) is 0. The number of nitrogens with zero attached hydrogens (tertiary/aromatic N) is 3. The molecule has 6 heteroatoms. The fourth-order valence-corrected chi connectivity index (χ4v) is 3.91. The summed E-state index contributed by atoms with van der Waals surface area (Å²) in [6, 6.07) is 8.15. The van der Waals surface area contributed by atoms with Crippen LogP contribution in [-0.4, -0.2) is 80.9 Å². The fraction of sp³-hybridized carbons (Fsp3) is 0.682. The number of hydrogen-bond donors (Lipinski definition) is 1. The second-order valence-corrected chi connectivity index (χ2v) is 7.90. The molecule has 0 amide bonds. The third-order valence-corrected chi connectivity index (χ3v) is 5.46. The van der Waals surface area contributed by atoms with Gasteiger partial charge in [-0.25, -0.2) is 4.99 Å². The maximum atomic E-state index is 6.09. The molecule has 2 aliphatic rings. The number of ether oxygens (including phenoxy) is 2. The van der Waals surface area contributed by atoms with Crippen LogP contribution in [0.5, 0.6) is 5.75 Å². The number of para-hydroxylation sites is 1. The SMILES string of the molecule is CCNC(=NCC(C)Oc1ccccc1C)N1CCC(CN2CCOCC2)C1. The number of aryl methyl sites for hydroxylation is 1. The molecule has 2 unspecified atom stereocenters. The van der Waals surface area contributed by atoms with E-state index in [1.165, 1.54) is 13.0 Å². The maximum Gasteiger partial charge on any atom is 0.194 e. The van der Waals surface area contributed by atoms with Gasteiger partial charge >= 0.3 is 0 Å². The summed E-state index contributed by atoms with van der Waals surface area (Å²) in [5.74, 6) is 2.68. The van der Waals surface area contributed by atoms with Crippen molar-refractivity contribution in [3.05, 3.63) is 29.8 Å². The van der Waals surface area contributed by atoms with Crippen LogP contribution in [-0.2, 0) is 4.74 Å². The Morgan fingerprint density at radius 1 is 1.29 bits per heavy atom. The number of aliphatic imine (C=N–C) groups is 1. The normalized spacial score (nSPS) is 22.3. The van der Waals surface area contributed by atoms with Crippen LogP contribution in [0.15, 0.2) is 29.3 Å². The van der Waals surface area contributed by atoms with Gasteiger partial charge in [0.05, 0.1) is 19.8 Å². The number of benzene rings is 1. The number of guanidine groups is 1. The first-order chi connectivity index (χ1) is 13.7. The topological polar surface area (TPSA) is 49.3 Å². The van der Waals surface area contributed by atoms with Crippen molar-refractivity contribution in [3.8, 4) is 5.75 Å². The van der Waals surface area contributed by atoms with Gasteiger partial charge in [0.15, 0.2) is 5.96 Å². The average molecular weight is 389 g/mol. The van der Waals surface area contributed by atoms with Crippen LogP contribution in [0.4, 0.5) is 0 Å². The van der Waals surface area contributed by atoms with E-state index >= 15 is 0 Å². The van der Waals surface area contributed by atoms with E-state index in [-0.39, 0.29) is 6.10 Å². The van der Waals surface area contributed by atoms with Crippen LogP contribution in [0.2, 0.25) is 0 Å². The average Bonchev–Trinajstić information content (AvgIpc) is 3.16. The molecule has 2 atom stereocenters. The molecule has 0 aliphatic carbocycles. The Kier molecular flexibility index (Phi) is 7.98. The van der Waals surface area contributed by atoms with E-state index in [1.54, 1.807) is 0 Å². The number of nitrogens with one attached hydrogen (secondary N) is 1. The molecule has 2 heterocycles. The zero-order valence-electron chi connectivity index (χ0n) is 17.7. The number of hydrogen-bond acceptors (Lipinski definition) is 4. The van der Waals surface area contributed by atoms with Crippen molar-refractivity contribution in [2.75, 3.05) is 59.0 Å². The molecule has 2 saturated heterocycles.